The van der Waals surface area contributed by atoms with Gasteiger partial charge in [0.25, 0.3) is 0 Å². The highest BCUT2D eigenvalue weighted by Crippen LogP contribution is 2.27. The molecule has 0 saturated carbocycles. The van der Waals surface area contributed by atoms with Crippen molar-refractivity contribution in [3.05, 3.63) is 35.9 Å². The maximum absolute atomic E-state index is 12.5. The average Bonchev–Trinajstić information content (AvgIpc) is 2.81. The van der Waals surface area contributed by atoms with E-state index in [-0.39, 0.29) is 11.4 Å². The fourth-order valence-electron chi connectivity index (χ4n) is 2.12. The Bertz CT molecular complexity index is 648. The van der Waals surface area contributed by atoms with E-state index in [1.54, 1.807) is 13.0 Å². The van der Waals surface area contributed by atoms with E-state index in [2.05, 4.69) is 0 Å². The van der Waals surface area contributed by atoms with Crippen molar-refractivity contribution < 1.29 is 23.1 Å². The summed E-state index contributed by atoms with van der Waals surface area (Å²) in [5, 5.41) is 9.18. The van der Waals surface area contributed by atoms with Gasteiger partial charge >= 0.3 is 5.97 Å². The first-order valence-corrected chi connectivity index (χ1v) is 7.37. The van der Waals surface area contributed by atoms with Crippen molar-refractivity contribution in [2.45, 2.75) is 17.9 Å². The predicted octanol–water partition coefficient (Wildman–Crippen LogP) is 1.10. The highest BCUT2D eigenvalue weighted by Gasteiger charge is 2.39. The molecule has 0 bridgehead atoms. The van der Waals surface area contributed by atoms with Crippen molar-refractivity contribution in [1.29, 1.82) is 0 Å². The first kappa shape index (κ1) is 14.5. The van der Waals surface area contributed by atoms with Gasteiger partial charge in [-0.25, -0.2) is 8.42 Å². The number of benzene rings is 1. The summed E-state index contributed by atoms with van der Waals surface area (Å²) < 4.78 is 30.9. The van der Waals surface area contributed by atoms with Crippen LogP contribution in [0.2, 0.25) is 0 Å². The molecular weight excluding hydrogens is 282 g/mol. The molecule has 0 unspecified atom stereocenters. The van der Waals surface area contributed by atoms with Gasteiger partial charge in [0.05, 0.1) is 12.0 Å². The Hall–Kier alpha value is -1.86. The van der Waals surface area contributed by atoms with E-state index in [4.69, 9.17) is 4.74 Å². The van der Waals surface area contributed by atoms with Gasteiger partial charge in [-0.1, -0.05) is 6.08 Å². The molecule has 1 aromatic carbocycles. The van der Waals surface area contributed by atoms with Gasteiger partial charge in [-0.15, -0.1) is 0 Å². The minimum absolute atomic E-state index is 0.0488. The molecule has 6 nitrogen and oxygen atoms in total. The fourth-order valence-corrected chi connectivity index (χ4v) is 3.67. The Morgan fingerprint density at radius 1 is 1.35 bits per heavy atom. The number of carboxylic acids is 1. The summed E-state index contributed by atoms with van der Waals surface area (Å²) in [7, 11) is -2.36. The van der Waals surface area contributed by atoms with Gasteiger partial charge in [0, 0.05) is 6.54 Å². The number of hydrogen-bond acceptors (Lipinski definition) is 4. The second-order valence-electron chi connectivity index (χ2n) is 4.44. The molecule has 1 atom stereocenters. The van der Waals surface area contributed by atoms with Gasteiger partial charge in [-0.05, 0) is 36.8 Å². The second-order valence-corrected chi connectivity index (χ2v) is 6.33. The van der Waals surface area contributed by atoms with Crippen LogP contribution in [0.5, 0.6) is 5.75 Å². The van der Waals surface area contributed by atoms with Crippen molar-refractivity contribution in [2.24, 2.45) is 0 Å². The third-order valence-electron chi connectivity index (χ3n) is 3.21. The van der Waals surface area contributed by atoms with Crippen molar-refractivity contribution in [3.8, 4) is 5.75 Å². The topological polar surface area (TPSA) is 83.9 Å². The van der Waals surface area contributed by atoms with E-state index in [0.717, 1.165) is 4.31 Å². The van der Waals surface area contributed by atoms with E-state index in [1.165, 1.54) is 31.4 Å². The van der Waals surface area contributed by atoms with Crippen LogP contribution in [0.1, 0.15) is 6.92 Å². The van der Waals surface area contributed by atoms with Gasteiger partial charge in [0.15, 0.2) is 0 Å². The monoisotopic (exact) mass is 297 g/mol. The smallest absolute Gasteiger partial charge is 0.326 e. The van der Waals surface area contributed by atoms with Gasteiger partial charge in [0.1, 0.15) is 11.8 Å². The standard InChI is InChI=1S/C13H15NO5S/c1-9-7-8-14(12(9)13(15)16)20(17,18)11-5-3-10(19-2)4-6-11/h3-7,12H,8H2,1-2H3,(H,15,16)/t12-/m1/s1. The number of carbonyl (C=O) groups is 1. The van der Waals surface area contributed by atoms with Crippen LogP contribution in [0.25, 0.3) is 0 Å². The Kier molecular flexibility index (Phi) is 3.82. The number of nitrogens with zero attached hydrogens (tertiary/aromatic N) is 1. The number of methoxy groups -OCH3 is 1. The number of aliphatic carboxylic acids is 1. The van der Waals surface area contributed by atoms with Crippen molar-refractivity contribution in [3.63, 3.8) is 0 Å². The van der Waals surface area contributed by atoms with E-state index >= 15 is 0 Å². The zero-order chi connectivity index (χ0) is 14.9. The summed E-state index contributed by atoms with van der Waals surface area (Å²) in [6, 6.07) is 4.72. The molecule has 7 heteroatoms. The predicted molar refractivity (Wildman–Crippen MR) is 72.1 cm³/mol. The molecule has 0 spiro atoms. The SMILES string of the molecule is COc1ccc(S(=O)(=O)N2CC=C(C)[C@@H]2C(=O)O)cc1. The number of ether oxygens (including phenoxy) is 1. The quantitative estimate of drug-likeness (QED) is 0.841. The normalized spacial score (nSPS) is 19.7. The molecule has 0 aromatic heterocycles. The van der Waals surface area contributed by atoms with Crippen LogP contribution in [0.3, 0.4) is 0 Å². The number of hydrogen-bond donors (Lipinski definition) is 1. The highest BCUT2D eigenvalue weighted by molar-refractivity contribution is 7.89. The number of rotatable bonds is 4. The first-order valence-electron chi connectivity index (χ1n) is 5.93. The molecular formula is C13H15NO5S. The number of carboxylic acid groups (broad SMARTS) is 1. The summed E-state index contributed by atoms with van der Waals surface area (Å²) in [5.41, 5.74) is 0.523. The Balaban J connectivity index is 2.37. The lowest BCUT2D eigenvalue weighted by Crippen LogP contribution is -2.42. The minimum atomic E-state index is -3.85. The third kappa shape index (κ3) is 2.41. The third-order valence-corrected chi connectivity index (χ3v) is 5.06. The Morgan fingerprint density at radius 2 is 1.95 bits per heavy atom. The molecule has 0 saturated heterocycles. The molecule has 108 valence electrons. The van der Waals surface area contributed by atoms with Gasteiger partial charge < -0.3 is 9.84 Å². The van der Waals surface area contributed by atoms with Crippen LogP contribution in [-0.2, 0) is 14.8 Å². The Morgan fingerprint density at radius 3 is 2.45 bits per heavy atom. The largest absolute Gasteiger partial charge is 0.497 e. The van der Waals surface area contributed by atoms with Crippen LogP contribution in [0.4, 0.5) is 0 Å². The van der Waals surface area contributed by atoms with Gasteiger partial charge in [-0.3, -0.25) is 4.79 Å². The van der Waals surface area contributed by atoms with Gasteiger partial charge in [-0.2, -0.15) is 4.31 Å². The highest BCUT2D eigenvalue weighted by atomic mass is 32.2. The first-order chi connectivity index (χ1) is 9.37. The lowest BCUT2D eigenvalue weighted by Gasteiger charge is -2.22. The molecule has 0 fully saturated rings. The Labute approximate surface area is 117 Å². The van der Waals surface area contributed by atoms with Gasteiger partial charge in [0.2, 0.25) is 10.0 Å². The maximum atomic E-state index is 12.5. The minimum Gasteiger partial charge on any atom is -0.497 e. The molecule has 20 heavy (non-hydrogen) atoms. The molecule has 1 heterocycles. The lowest BCUT2D eigenvalue weighted by molar-refractivity contribution is -0.139. The molecule has 1 aliphatic heterocycles. The molecule has 1 aliphatic rings. The van der Waals surface area contributed by atoms with Crippen molar-refractivity contribution >= 4 is 16.0 Å². The fraction of sp³-hybridized carbons (Fsp3) is 0.308. The zero-order valence-electron chi connectivity index (χ0n) is 11.1. The summed E-state index contributed by atoms with van der Waals surface area (Å²) in [5.74, 6) is -0.636. The number of sulfonamides is 1. The van der Waals surface area contributed by atoms with Crippen LogP contribution in [0.15, 0.2) is 40.8 Å². The summed E-state index contributed by atoms with van der Waals surface area (Å²) in [6.07, 6.45) is 1.61. The van der Waals surface area contributed by atoms with E-state index in [9.17, 15) is 18.3 Å². The van der Waals surface area contributed by atoms with E-state index in [0.29, 0.717) is 11.3 Å². The van der Waals surface area contributed by atoms with Crippen LogP contribution in [-0.4, -0.2) is 43.5 Å². The lowest BCUT2D eigenvalue weighted by atomic mass is 10.2. The summed E-state index contributed by atoms with van der Waals surface area (Å²) >= 11 is 0. The average molecular weight is 297 g/mol. The van der Waals surface area contributed by atoms with Crippen LogP contribution >= 0.6 is 0 Å². The molecule has 2 rings (SSSR count). The van der Waals surface area contributed by atoms with E-state index in [1.807, 2.05) is 0 Å². The molecule has 1 N–H and O–H groups in total. The molecule has 1 aromatic rings. The summed E-state index contributed by atoms with van der Waals surface area (Å²) in [4.78, 5) is 11.3. The van der Waals surface area contributed by atoms with Crippen molar-refractivity contribution in [1.82, 2.24) is 4.31 Å². The van der Waals surface area contributed by atoms with Crippen LogP contribution in [0, 0.1) is 0 Å². The maximum Gasteiger partial charge on any atom is 0.326 e. The van der Waals surface area contributed by atoms with Crippen LogP contribution < -0.4 is 4.74 Å². The molecule has 0 amide bonds. The zero-order valence-corrected chi connectivity index (χ0v) is 11.9. The second kappa shape index (κ2) is 5.26. The molecule has 0 radical (unpaired) electrons. The summed E-state index contributed by atoms with van der Waals surface area (Å²) in [6.45, 7) is 1.68. The molecule has 0 aliphatic carbocycles. The van der Waals surface area contributed by atoms with E-state index < -0.39 is 22.0 Å². The van der Waals surface area contributed by atoms with Crippen molar-refractivity contribution in [2.75, 3.05) is 13.7 Å².